The van der Waals surface area contributed by atoms with E-state index in [9.17, 15) is 0 Å². The summed E-state index contributed by atoms with van der Waals surface area (Å²) < 4.78 is 8.16. The Labute approximate surface area is 106 Å². The lowest BCUT2D eigenvalue weighted by molar-refractivity contribution is 0.410. The number of benzene rings is 1. The van der Waals surface area contributed by atoms with Crippen LogP contribution < -0.4 is 4.74 Å². The molecule has 0 bridgehead atoms. The molecule has 74 valence electrons. The Morgan fingerprint density at radius 2 is 1.93 bits per heavy atom. The molecule has 0 aliphatic carbocycles. The first-order chi connectivity index (χ1) is 6.65. The smallest absolute Gasteiger partial charge is 0.149 e. The first kappa shape index (κ1) is 10.5. The lowest BCUT2D eigenvalue weighted by atomic mass is 10.2. The number of hydrogen-bond donors (Lipinski definition) is 1. The Balaban J connectivity index is 2.87. The fourth-order valence-electron chi connectivity index (χ4n) is 1.33. The molecule has 2 nitrogen and oxygen atoms in total. The first-order valence-electron chi connectivity index (χ1n) is 3.83. The molecule has 0 aliphatic heterocycles. The van der Waals surface area contributed by atoms with Gasteiger partial charge in [-0.25, -0.2) is 0 Å². The maximum Gasteiger partial charge on any atom is 0.149 e. The molecule has 2 aromatic rings. The monoisotopic (exact) mass is 381 g/mol. The van der Waals surface area contributed by atoms with Gasteiger partial charge in [0.1, 0.15) is 5.75 Å². The Bertz CT molecular complexity index is 492. The van der Waals surface area contributed by atoms with Crippen molar-refractivity contribution < 1.29 is 4.74 Å². The van der Waals surface area contributed by atoms with Gasteiger partial charge in [-0.15, -0.1) is 0 Å². The van der Waals surface area contributed by atoms with Gasteiger partial charge in [-0.05, 0) is 53.9 Å². The van der Waals surface area contributed by atoms with E-state index >= 15 is 0 Å². The van der Waals surface area contributed by atoms with Crippen molar-refractivity contribution in [3.63, 3.8) is 0 Å². The van der Waals surface area contributed by atoms with Gasteiger partial charge in [0, 0.05) is 16.1 Å². The van der Waals surface area contributed by atoms with Crippen molar-refractivity contribution in [3.8, 4) is 5.75 Å². The van der Waals surface area contributed by atoms with E-state index in [1.807, 2.05) is 12.3 Å². The highest BCUT2D eigenvalue weighted by molar-refractivity contribution is 9.11. The van der Waals surface area contributed by atoms with Gasteiger partial charge >= 0.3 is 0 Å². The second-order valence-electron chi connectivity index (χ2n) is 2.76. The van der Waals surface area contributed by atoms with E-state index in [2.05, 4.69) is 52.8 Å². The van der Waals surface area contributed by atoms with Gasteiger partial charge < -0.3 is 9.72 Å². The summed E-state index contributed by atoms with van der Waals surface area (Å²) in [5.41, 5.74) is 1.02. The average molecular weight is 384 g/mol. The number of hydrogen-bond acceptors (Lipinski definition) is 1. The molecule has 0 atom stereocenters. The van der Waals surface area contributed by atoms with Crippen molar-refractivity contribution in [3.05, 3.63) is 25.7 Å². The summed E-state index contributed by atoms with van der Waals surface area (Å²) in [5, 5.41) is 1.12. The summed E-state index contributed by atoms with van der Waals surface area (Å²) in [7, 11) is 1.65. The third kappa shape index (κ3) is 1.51. The summed E-state index contributed by atoms with van der Waals surface area (Å²) >= 11 is 10.4. The molecule has 0 saturated heterocycles. The summed E-state index contributed by atoms with van der Waals surface area (Å²) in [6.45, 7) is 0. The highest BCUT2D eigenvalue weighted by Gasteiger charge is 2.13. The maximum atomic E-state index is 5.26. The molecule has 1 aromatic carbocycles. The highest BCUT2D eigenvalue weighted by Crippen LogP contribution is 2.41. The maximum absolute atomic E-state index is 5.26. The third-order valence-electron chi connectivity index (χ3n) is 1.98. The van der Waals surface area contributed by atoms with Gasteiger partial charge in [0.15, 0.2) is 0 Å². The van der Waals surface area contributed by atoms with Crippen LogP contribution in [0.1, 0.15) is 0 Å². The zero-order valence-corrected chi connectivity index (χ0v) is 12.0. The summed E-state index contributed by atoms with van der Waals surface area (Å²) in [6.07, 6.45) is 1.90. The van der Waals surface area contributed by atoms with Gasteiger partial charge in [-0.1, -0.05) is 0 Å². The number of H-pyrrole nitrogens is 1. The molecule has 0 amide bonds. The highest BCUT2D eigenvalue weighted by atomic mass is 79.9. The summed E-state index contributed by atoms with van der Waals surface area (Å²) in [5.74, 6) is 0.798. The molecule has 1 heterocycles. The van der Waals surface area contributed by atoms with Crippen LogP contribution in [0.15, 0.2) is 25.7 Å². The van der Waals surface area contributed by atoms with Gasteiger partial charge in [0.05, 0.1) is 21.6 Å². The molecule has 0 unspecified atom stereocenters. The Morgan fingerprint density at radius 3 is 2.57 bits per heavy atom. The lowest BCUT2D eigenvalue weighted by Crippen LogP contribution is -1.86. The van der Waals surface area contributed by atoms with Crippen LogP contribution in [0.3, 0.4) is 0 Å². The predicted molar refractivity (Wildman–Crippen MR) is 68.0 cm³/mol. The first-order valence-corrected chi connectivity index (χ1v) is 6.21. The second-order valence-corrected chi connectivity index (χ2v) is 5.27. The molecule has 0 spiro atoms. The fourth-order valence-corrected chi connectivity index (χ4v) is 3.32. The average Bonchev–Trinajstić information content (AvgIpc) is 2.49. The van der Waals surface area contributed by atoms with Gasteiger partial charge in [-0.3, -0.25) is 0 Å². The molecular formula is C9H6Br3NO. The fraction of sp³-hybridized carbons (Fsp3) is 0.111. The molecule has 0 aliphatic rings. The standard InChI is InChI=1S/C9H6Br3NO/c1-14-9-5(10)2-4-6(11)3-13-8(4)7(9)12/h2-3,13H,1H3. The number of fused-ring (bicyclic) bond motifs is 1. The Hall–Kier alpha value is -0.000000000000000111. The summed E-state index contributed by atoms with van der Waals surface area (Å²) in [4.78, 5) is 3.16. The number of ether oxygens (including phenoxy) is 1. The van der Waals surface area contributed by atoms with Crippen molar-refractivity contribution in [2.24, 2.45) is 0 Å². The third-order valence-corrected chi connectivity index (χ3v) is 3.98. The molecular weight excluding hydrogens is 378 g/mol. The van der Waals surface area contributed by atoms with Crippen LogP contribution in [0.25, 0.3) is 10.9 Å². The topological polar surface area (TPSA) is 25.0 Å². The van der Waals surface area contributed by atoms with Crippen LogP contribution in [0.2, 0.25) is 0 Å². The molecule has 0 fully saturated rings. The van der Waals surface area contributed by atoms with Crippen LogP contribution in [0, 0.1) is 0 Å². The minimum atomic E-state index is 0.798. The van der Waals surface area contributed by atoms with Crippen molar-refractivity contribution in [1.82, 2.24) is 4.98 Å². The number of aromatic nitrogens is 1. The van der Waals surface area contributed by atoms with E-state index in [0.29, 0.717) is 0 Å². The largest absolute Gasteiger partial charge is 0.494 e. The van der Waals surface area contributed by atoms with E-state index in [-0.39, 0.29) is 0 Å². The normalized spacial score (nSPS) is 10.9. The zero-order valence-electron chi connectivity index (χ0n) is 7.20. The van der Waals surface area contributed by atoms with Crippen LogP contribution >= 0.6 is 47.8 Å². The SMILES string of the molecule is COc1c(Br)cc2c(Br)c[nH]c2c1Br. The number of nitrogens with one attached hydrogen (secondary N) is 1. The number of halogens is 3. The predicted octanol–water partition coefficient (Wildman–Crippen LogP) is 4.46. The van der Waals surface area contributed by atoms with Crippen LogP contribution in [0.4, 0.5) is 0 Å². The molecule has 1 N–H and O–H groups in total. The van der Waals surface area contributed by atoms with Crippen LogP contribution in [0.5, 0.6) is 5.75 Å². The summed E-state index contributed by atoms with van der Waals surface area (Å²) in [6, 6.07) is 2.01. The Morgan fingerprint density at radius 1 is 1.21 bits per heavy atom. The number of rotatable bonds is 1. The van der Waals surface area contributed by atoms with E-state index < -0.39 is 0 Å². The quantitative estimate of drug-likeness (QED) is 0.772. The van der Waals surface area contributed by atoms with Gasteiger partial charge in [0.25, 0.3) is 0 Å². The molecule has 2 rings (SSSR count). The molecule has 0 saturated carbocycles. The van der Waals surface area contributed by atoms with Crippen molar-refractivity contribution >= 4 is 58.7 Å². The van der Waals surface area contributed by atoms with E-state index in [4.69, 9.17) is 4.74 Å². The second kappa shape index (κ2) is 3.87. The van der Waals surface area contributed by atoms with Crippen molar-refractivity contribution in [1.29, 1.82) is 0 Å². The molecule has 1 aromatic heterocycles. The van der Waals surface area contributed by atoms with E-state index in [1.54, 1.807) is 7.11 Å². The minimum absolute atomic E-state index is 0.798. The Kier molecular flexibility index (Phi) is 2.91. The minimum Gasteiger partial charge on any atom is -0.494 e. The van der Waals surface area contributed by atoms with Crippen molar-refractivity contribution in [2.75, 3.05) is 7.11 Å². The van der Waals surface area contributed by atoms with Crippen LogP contribution in [-0.2, 0) is 0 Å². The number of methoxy groups -OCH3 is 1. The molecule has 0 radical (unpaired) electrons. The van der Waals surface area contributed by atoms with Crippen molar-refractivity contribution in [2.45, 2.75) is 0 Å². The van der Waals surface area contributed by atoms with Crippen LogP contribution in [-0.4, -0.2) is 12.1 Å². The lowest BCUT2D eigenvalue weighted by Gasteiger charge is -2.06. The number of aromatic amines is 1. The van der Waals surface area contributed by atoms with Gasteiger partial charge in [0.2, 0.25) is 0 Å². The van der Waals surface area contributed by atoms with Gasteiger partial charge in [-0.2, -0.15) is 0 Å². The molecule has 14 heavy (non-hydrogen) atoms. The molecule has 5 heteroatoms. The zero-order chi connectivity index (χ0) is 10.3. The van der Waals surface area contributed by atoms with E-state index in [1.165, 1.54) is 0 Å². The van der Waals surface area contributed by atoms with E-state index in [0.717, 1.165) is 30.1 Å².